The van der Waals surface area contributed by atoms with Gasteiger partial charge in [-0.05, 0) is 67.3 Å². The lowest BCUT2D eigenvalue weighted by molar-refractivity contribution is -0.135. The van der Waals surface area contributed by atoms with Crippen molar-refractivity contribution < 1.29 is 19.1 Å². The predicted molar refractivity (Wildman–Crippen MR) is 119 cm³/mol. The van der Waals surface area contributed by atoms with E-state index in [2.05, 4.69) is 5.32 Å². The van der Waals surface area contributed by atoms with Crippen LogP contribution in [0.5, 0.6) is 0 Å². The van der Waals surface area contributed by atoms with Crippen LogP contribution in [0.2, 0.25) is 0 Å². The Labute approximate surface area is 187 Å². The number of nitrogens with one attached hydrogen (secondary N) is 1. The Morgan fingerprint density at radius 3 is 2.66 bits per heavy atom. The first-order valence-electron chi connectivity index (χ1n) is 11.2. The van der Waals surface area contributed by atoms with Gasteiger partial charge in [-0.25, -0.2) is 4.39 Å². The Hall–Kier alpha value is -2.77. The van der Waals surface area contributed by atoms with Gasteiger partial charge in [-0.1, -0.05) is 30.3 Å². The van der Waals surface area contributed by atoms with Crippen LogP contribution in [0.15, 0.2) is 48.5 Å². The van der Waals surface area contributed by atoms with Gasteiger partial charge in [-0.3, -0.25) is 9.59 Å². The molecule has 32 heavy (non-hydrogen) atoms. The molecule has 3 atom stereocenters. The van der Waals surface area contributed by atoms with Crippen LogP contribution in [0.1, 0.15) is 59.5 Å². The minimum absolute atomic E-state index is 0.130. The normalized spacial score (nSPS) is 24.3. The molecule has 2 bridgehead atoms. The fourth-order valence-electron chi connectivity index (χ4n) is 5.43. The van der Waals surface area contributed by atoms with Crippen molar-refractivity contribution in [2.45, 2.75) is 56.1 Å². The van der Waals surface area contributed by atoms with E-state index in [4.69, 9.17) is 5.73 Å². The number of carbonyl (C=O) groups excluding carboxylic acids is 2. The van der Waals surface area contributed by atoms with Crippen LogP contribution in [0, 0.1) is 5.82 Å². The summed E-state index contributed by atoms with van der Waals surface area (Å²) in [5, 5.41) is 13.2. The fourth-order valence-corrected chi connectivity index (χ4v) is 5.43. The number of primary amides is 1. The molecule has 2 aromatic rings. The van der Waals surface area contributed by atoms with Crippen molar-refractivity contribution in [1.82, 2.24) is 10.2 Å². The van der Waals surface area contributed by atoms with Crippen LogP contribution < -0.4 is 11.1 Å². The molecule has 7 heteroatoms. The van der Waals surface area contributed by atoms with Crippen LogP contribution in [0.3, 0.4) is 0 Å². The molecule has 0 saturated carbocycles. The van der Waals surface area contributed by atoms with Crippen LogP contribution in [0.25, 0.3) is 0 Å². The summed E-state index contributed by atoms with van der Waals surface area (Å²) in [4.78, 5) is 26.0. The first kappa shape index (κ1) is 22.4. The van der Waals surface area contributed by atoms with Crippen LogP contribution in [-0.2, 0) is 11.3 Å². The summed E-state index contributed by atoms with van der Waals surface area (Å²) >= 11 is 0. The fraction of sp³-hybridized carbons (Fsp3) is 0.440. The van der Waals surface area contributed by atoms with Gasteiger partial charge in [0.2, 0.25) is 11.8 Å². The molecule has 0 radical (unpaired) electrons. The Morgan fingerprint density at radius 2 is 1.94 bits per heavy atom. The van der Waals surface area contributed by atoms with E-state index in [-0.39, 0.29) is 23.2 Å². The molecule has 2 aliphatic heterocycles. The number of hydrogen-bond donors (Lipinski definition) is 3. The molecular weight excluding hydrogens is 409 g/mol. The van der Waals surface area contributed by atoms with E-state index in [0.717, 1.165) is 43.2 Å². The van der Waals surface area contributed by atoms with Gasteiger partial charge in [0.15, 0.2) is 0 Å². The topological polar surface area (TPSA) is 95.7 Å². The van der Waals surface area contributed by atoms with Crippen LogP contribution in [-0.4, -0.2) is 46.6 Å². The molecule has 2 aliphatic rings. The van der Waals surface area contributed by atoms with Gasteiger partial charge in [-0.2, -0.15) is 0 Å². The minimum atomic E-state index is -0.557. The maximum Gasteiger partial charge on any atom is 0.248 e. The van der Waals surface area contributed by atoms with E-state index in [1.165, 1.54) is 12.1 Å². The van der Waals surface area contributed by atoms with Crippen molar-refractivity contribution in [1.29, 1.82) is 0 Å². The van der Waals surface area contributed by atoms with E-state index >= 15 is 0 Å². The number of nitrogens with two attached hydrogens (primary N) is 1. The SMILES string of the molecule is NC(=O)c1ccccc1C1CC2CCC(CCN(Cc3ccc(F)cc3)C(=O)CO)(C1)N2. The summed E-state index contributed by atoms with van der Waals surface area (Å²) in [7, 11) is 0. The summed E-state index contributed by atoms with van der Waals surface area (Å²) in [6.45, 7) is 0.257. The zero-order valence-electron chi connectivity index (χ0n) is 18.1. The Bertz CT molecular complexity index is 981. The second-order valence-corrected chi connectivity index (χ2v) is 9.10. The van der Waals surface area contributed by atoms with Gasteiger partial charge >= 0.3 is 0 Å². The molecule has 170 valence electrons. The van der Waals surface area contributed by atoms with E-state index < -0.39 is 12.5 Å². The maximum atomic E-state index is 13.2. The number of amides is 2. The molecule has 2 aromatic carbocycles. The molecule has 2 saturated heterocycles. The largest absolute Gasteiger partial charge is 0.387 e. The molecule has 0 spiro atoms. The van der Waals surface area contributed by atoms with Crippen molar-refractivity contribution in [3.63, 3.8) is 0 Å². The number of hydrogen-bond acceptors (Lipinski definition) is 4. The molecular formula is C25H30FN3O3. The van der Waals surface area contributed by atoms with Crippen molar-refractivity contribution in [2.75, 3.05) is 13.2 Å². The summed E-state index contributed by atoms with van der Waals surface area (Å²) in [5.74, 6) is -0.837. The molecule has 6 nitrogen and oxygen atoms in total. The molecule has 2 fully saturated rings. The first-order chi connectivity index (χ1) is 15.4. The lowest BCUT2D eigenvalue weighted by atomic mass is 9.76. The van der Waals surface area contributed by atoms with E-state index in [9.17, 15) is 19.1 Å². The monoisotopic (exact) mass is 439 g/mol. The number of piperidine rings is 1. The predicted octanol–water partition coefficient (Wildman–Crippen LogP) is 2.70. The zero-order chi connectivity index (χ0) is 22.7. The zero-order valence-corrected chi connectivity index (χ0v) is 18.1. The van der Waals surface area contributed by atoms with E-state index in [0.29, 0.717) is 24.7 Å². The quantitative estimate of drug-likeness (QED) is 0.589. The summed E-state index contributed by atoms with van der Waals surface area (Å²) in [6.07, 6.45) is 4.63. The third-order valence-electron chi connectivity index (χ3n) is 6.99. The maximum absolute atomic E-state index is 13.2. The van der Waals surface area contributed by atoms with Gasteiger partial charge in [0, 0.05) is 30.2 Å². The highest BCUT2D eigenvalue weighted by atomic mass is 19.1. The van der Waals surface area contributed by atoms with Gasteiger partial charge in [-0.15, -0.1) is 0 Å². The number of carbonyl (C=O) groups is 2. The lowest BCUT2D eigenvalue weighted by Crippen LogP contribution is -2.51. The van der Waals surface area contributed by atoms with Crippen molar-refractivity contribution in [3.8, 4) is 0 Å². The smallest absolute Gasteiger partial charge is 0.248 e. The molecule has 0 aromatic heterocycles. The van der Waals surface area contributed by atoms with Crippen molar-refractivity contribution in [3.05, 3.63) is 71.0 Å². The molecule has 2 heterocycles. The van der Waals surface area contributed by atoms with Crippen molar-refractivity contribution in [2.24, 2.45) is 5.73 Å². The average molecular weight is 440 g/mol. The van der Waals surface area contributed by atoms with Gasteiger partial charge < -0.3 is 21.1 Å². The molecule has 4 N–H and O–H groups in total. The number of rotatable bonds is 8. The number of aliphatic hydroxyl groups excluding tert-OH is 1. The highest BCUT2D eigenvalue weighted by Crippen LogP contribution is 2.45. The highest BCUT2D eigenvalue weighted by Gasteiger charge is 2.45. The van der Waals surface area contributed by atoms with Gasteiger partial charge in [0.1, 0.15) is 12.4 Å². The van der Waals surface area contributed by atoms with Gasteiger partial charge in [0.05, 0.1) is 0 Å². The molecule has 0 aliphatic carbocycles. The first-order valence-corrected chi connectivity index (χ1v) is 11.2. The Kier molecular flexibility index (Phi) is 6.58. The number of benzene rings is 2. The summed E-state index contributed by atoms with van der Waals surface area (Å²) in [6, 6.07) is 14.0. The molecule has 2 amide bonds. The van der Waals surface area contributed by atoms with E-state index in [1.807, 2.05) is 18.2 Å². The minimum Gasteiger partial charge on any atom is -0.387 e. The second kappa shape index (κ2) is 9.38. The highest BCUT2D eigenvalue weighted by molar-refractivity contribution is 5.94. The average Bonchev–Trinajstić information content (AvgIpc) is 3.11. The molecule has 4 rings (SSSR count). The van der Waals surface area contributed by atoms with Crippen molar-refractivity contribution >= 4 is 11.8 Å². The summed E-state index contributed by atoms with van der Waals surface area (Å²) < 4.78 is 13.2. The second-order valence-electron chi connectivity index (χ2n) is 9.10. The van der Waals surface area contributed by atoms with Crippen LogP contribution >= 0.6 is 0 Å². The number of aliphatic hydroxyl groups is 1. The standard InChI is InChI=1S/C25H30FN3O3/c26-19-7-5-17(6-8-19)15-29(23(31)16-30)12-11-25-10-9-20(28-25)13-18(14-25)21-3-1-2-4-22(21)24(27)32/h1-8,18,20,28,30H,9-16H2,(H2,27,32). The lowest BCUT2D eigenvalue weighted by Gasteiger charge is -2.41. The Balaban J connectivity index is 1.49. The number of fused-ring (bicyclic) bond motifs is 2. The Morgan fingerprint density at radius 1 is 1.19 bits per heavy atom. The number of halogens is 1. The van der Waals surface area contributed by atoms with Crippen LogP contribution in [0.4, 0.5) is 4.39 Å². The third kappa shape index (κ3) is 4.84. The third-order valence-corrected chi connectivity index (χ3v) is 6.99. The molecule has 3 unspecified atom stereocenters. The van der Waals surface area contributed by atoms with Gasteiger partial charge in [0.25, 0.3) is 0 Å². The summed E-state index contributed by atoms with van der Waals surface area (Å²) in [5.41, 5.74) is 7.90. The van der Waals surface area contributed by atoms with E-state index in [1.54, 1.807) is 23.1 Å². The number of nitrogens with zero attached hydrogens (tertiary/aromatic N) is 1.